The summed E-state index contributed by atoms with van der Waals surface area (Å²) in [5, 5.41) is 30.1. The molecule has 26 heavy (non-hydrogen) atoms. The summed E-state index contributed by atoms with van der Waals surface area (Å²) in [7, 11) is 2.63. The van der Waals surface area contributed by atoms with E-state index >= 15 is 0 Å². The SMILES string of the molecule is COc1cc([N+](=O)[O-])c(Cl)cc1N=Cc1c(C)c(C#N)c(=O)n(C)c1O. The standard InChI is InChI=1S/C16H13ClN4O5/c1-8-9(6-18)15(22)20(2)16(23)10(8)7-19-12-4-11(17)13(21(24)25)5-14(12)26-3/h4-5,7,23H,1-3H3. The van der Waals surface area contributed by atoms with Crippen molar-refractivity contribution in [2.75, 3.05) is 7.11 Å². The lowest BCUT2D eigenvalue weighted by Gasteiger charge is -2.10. The molecule has 0 fully saturated rings. The molecule has 0 aliphatic rings. The molecule has 1 aromatic carbocycles. The van der Waals surface area contributed by atoms with E-state index in [0.717, 1.165) is 10.6 Å². The molecule has 2 rings (SSSR count). The Morgan fingerprint density at radius 1 is 1.50 bits per heavy atom. The maximum atomic E-state index is 11.9. The van der Waals surface area contributed by atoms with Crippen LogP contribution in [-0.4, -0.2) is 27.9 Å². The van der Waals surface area contributed by atoms with Crippen LogP contribution < -0.4 is 10.3 Å². The van der Waals surface area contributed by atoms with Gasteiger partial charge in [0.05, 0.1) is 23.7 Å². The minimum atomic E-state index is -0.652. The summed E-state index contributed by atoms with van der Waals surface area (Å²) in [4.78, 5) is 26.4. The second kappa shape index (κ2) is 7.25. The maximum Gasteiger partial charge on any atom is 0.291 e. The summed E-state index contributed by atoms with van der Waals surface area (Å²) in [5.41, 5.74) is -0.510. The lowest BCUT2D eigenvalue weighted by Crippen LogP contribution is -2.22. The Kier molecular flexibility index (Phi) is 5.28. The van der Waals surface area contributed by atoms with Gasteiger partial charge in [-0.1, -0.05) is 11.6 Å². The number of methoxy groups -OCH3 is 1. The monoisotopic (exact) mass is 376 g/mol. The van der Waals surface area contributed by atoms with Crippen LogP contribution in [0.25, 0.3) is 0 Å². The number of rotatable bonds is 4. The highest BCUT2D eigenvalue weighted by Gasteiger charge is 2.18. The molecular weight excluding hydrogens is 364 g/mol. The molecule has 0 saturated carbocycles. The number of nitro groups is 1. The van der Waals surface area contributed by atoms with Gasteiger partial charge in [-0.25, -0.2) is 0 Å². The molecule has 1 heterocycles. The molecule has 1 aromatic heterocycles. The number of ether oxygens (including phenoxy) is 1. The fourth-order valence-corrected chi connectivity index (χ4v) is 2.49. The molecule has 9 nitrogen and oxygen atoms in total. The number of aromatic hydroxyl groups is 1. The maximum absolute atomic E-state index is 11.9. The van der Waals surface area contributed by atoms with Crippen LogP contribution in [-0.2, 0) is 7.05 Å². The van der Waals surface area contributed by atoms with Crippen LogP contribution in [0.1, 0.15) is 16.7 Å². The van der Waals surface area contributed by atoms with Gasteiger partial charge in [0.25, 0.3) is 11.2 Å². The second-order valence-corrected chi connectivity index (χ2v) is 5.61. The van der Waals surface area contributed by atoms with Gasteiger partial charge in [0, 0.05) is 13.3 Å². The van der Waals surface area contributed by atoms with Crippen molar-refractivity contribution in [1.29, 1.82) is 5.26 Å². The zero-order valence-corrected chi connectivity index (χ0v) is 14.7. The van der Waals surface area contributed by atoms with E-state index in [0.29, 0.717) is 0 Å². The average molecular weight is 377 g/mol. The lowest BCUT2D eigenvalue weighted by molar-refractivity contribution is -0.384. The van der Waals surface area contributed by atoms with Crippen LogP contribution >= 0.6 is 11.6 Å². The van der Waals surface area contributed by atoms with Crippen molar-refractivity contribution in [2.45, 2.75) is 6.92 Å². The average Bonchev–Trinajstić information content (AvgIpc) is 2.60. The Labute approximate surface area is 152 Å². The molecule has 0 aliphatic heterocycles. The van der Waals surface area contributed by atoms with Crippen LogP contribution in [0.4, 0.5) is 11.4 Å². The summed E-state index contributed by atoms with van der Waals surface area (Å²) < 4.78 is 6.00. The number of benzene rings is 1. The van der Waals surface area contributed by atoms with Crippen molar-refractivity contribution in [3.8, 4) is 17.7 Å². The molecular formula is C16H13ClN4O5. The van der Waals surface area contributed by atoms with Crippen LogP contribution in [0.3, 0.4) is 0 Å². The molecule has 0 bridgehead atoms. The van der Waals surface area contributed by atoms with Gasteiger partial charge in [0.2, 0.25) is 5.88 Å². The molecule has 0 amide bonds. The van der Waals surface area contributed by atoms with E-state index in [4.69, 9.17) is 21.6 Å². The van der Waals surface area contributed by atoms with E-state index in [9.17, 15) is 20.0 Å². The third-order valence-electron chi connectivity index (χ3n) is 3.75. The van der Waals surface area contributed by atoms with Gasteiger partial charge < -0.3 is 9.84 Å². The summed E-state index contributed by atoms with van der Waals surface area (Å²) in [5.74, 6) is -0.276. The lowest BCUT2D eigenvalue weighted by atomic mass is 10.1. The summed E-state index contributed by atoms with van der Waals surface area (Å²) in [6.45, 7) is 1.50. The highest BCUT2D eigenvalue weighted by atomic mass is 35.5. The van der Waals surface area contributed by atoms with Crippen molar-refractivity contribution in [3.63, 3.8) is 0 Å². The number of nitriles is 1. The van der Waals surface area contributed by atoms with Gasteiger partial charge in [-0.3, -0.25) is 24.5 Å². The Bertz CT molecular complexity index is 1040. The Balaban J connectivity index is 2.64. The first-order valence-electron chi connectivity index (χ1n) is 7.11. The number of hydrogen-bond donors (Lipinski definition) is 1. The minimum absolute atomic E-state index is 0.0971. The van der Waals surface area contributed by atoms with E-state index < -0.39 is 10.5 Å². The molecule has 0 aliphatic carbocycles. The van der Waals surface area contributed by atoms with Crippen molar-refractivity contribution in [3.05, 3.63) is 54.3 Å². The third-order valence-corrected chi connectivity index (χ3v) is 4.05. The van der Waals surface area contributed by atoms with Gasteiger partial charge in [-0.15, -0.1) is 0 Å². The molecule has 0 spiro atoms. The molecule has 0 unspecified atom stereocenters. The van der Waals surface area contributed by atoms with Gasteiger partial charge in [0.15, 0.2) is 5.75 Å². The Morgan fingerprint density at radius 3 is 2.69 bits per heavy atom. The zero-order valence-electron chi connectivity index (χ0n) is 14.0. The number of halogens is 1. The first-order chi connectivity index (χ1) is 12.2. The minimum Gasteiger partial charge on any atom is -0.494 e. The smallest absolute Gasteiger partial charge is 0.291 e. The van der Waals surface area contributed by atoms with Gasteiger partial charge in [-0.05, 0) is 18.6 Å². The van der Waals surface area contributed by atoms with Crippen LogP contribution in [0, 0.1) is 28.4 Å². The van der Waals surface area contributed by atoms with Crippen LogP contribution in [0.5, 0.6) is 11.6 Å². The largest absolute Gasteiger partial charge is 0.494 e. The topological polar surface area (TPSA) is 131 Å². The zero-order chi connectivity index (χ0) is 19.6. The fourth-order valence-electron chi connectivity index (χ4n) is 2.26. The molecule has 0 saturated heterocycles. The molecule has 1 N–H and O–H groups in total. The van der Waals surface area contributed by atoms with Crippen molar-refractivity contribution < 1.29 is 14.8 Å². The highest BCUT2D eigenvalue weighted by Crippen LogP contribution is 2.37. The van der Waals surface area contributed by atoms with E-state index in [1.807, 2.05) is 0 Å². The van der Waals surface area contributed by atoms with E-state index in [1.54, 1.807) is 6.07 Å². The van der Waals surface area contributed by atoms with E-state index in [1.165, 1.54) is 33.4 Å². The molecule has 2 aromatic rings. The summed E-state index contributed by atoms with van der Waals surface area (Å²) in [6.07, 6.45) is 1.23. The predicted molar refractivity (Wildman–Crippen MR) is 94.7 cm³/mol. The predicted octanol–water partition coefficient (Wildman–Crippen LogP) is 2.59. The molecule has 10 heteroatoms. The molecule has 0 radical (unpaired) electrons. The third kappa shape index (κ3) is 3.22. The van der Waals surface area contributed by atoms with Crippen LogP contribution in [0.15, 0.2) is 21.9 Å². The first kappa shape index (κ1) is 19.0. The summed E-state index contributed by atoms with van der Waals surface area (Å²) >= 11 is 5.88. The fraction of sp³-hybridized carbons (Fsp3) is 0.188. The van der Waals surface area contributed by atoms with Crippen molar-refractivity contribution >= 4 is 29.2 Å². The Hall–Kier alpha value is -3.38. The van der Waals surface area contributed by atoms with Gasteiger partial charge in [0.1, 0.15) is 22.3 Å². The van der Waals surface area contributed by atoms with Gasteiger partial charge >= 0.3 is 0 Å². The highest BCUT2D eigenvalue weighted by molar-refractivity contribution is 6.33. The number of hydrogen-bond acceptors (Lipinski definition) is 7. The Morgan fingerprint density at radius 2 is 2.15 bits per heavy atom. The van der Waals surface area contributed by atoms with E-state index in [-0.39, 0.29) is 44.7 Å². The normalized spacial score (nSPS) is 10.7. The summed E-state index contributed by atoms with van der Waals surface area (Å²) in [6, 6.07) is 4.17. The quantitative estimate of drug-likeness (QED) is 0.495. The number of pyridine rings is 1. The van der Waals surface area contributed by atoms with E-state index in [2.05, 4.69) is 4.99 Å². The van der Waals surface area contributed by atoms with Crippen molar-refractivity contribution in [2.24, 2.45) is 12.0 Å². The molecule has 134 valence electrons. The first-order valence-corrected chi connectivity index (χ1v) is 7.49. The van der Waals surface area contributed by atoms with Crippen molar-refractivity contribution in [1.82, 2.24) is 4.57 Å². The second-order valence-electron chi connectivity index (χ2n) is 5.20. The number of aliphatic imine (C=N–C) groups is 1. The van der Waals surface area contributed by atoms with Gasteiger partial charge in [-0.2, -0.15) is 5.26 Å². The number of nitro benzene ring substituents is 1. The van der Waals surface area contributed by atoms with Crippen LogP contribution in [0.2, 0.25) is 5.02 Å². The number of aromatic nitrogens is 1. The number of nitrogens with zero attached hydrogens (tertiary/aromatic N) is 4. The molecule has 0 atom stereocenters.